The quantitative estimate of drug-likeness (QED) is 0.211. The second-order valence-electron chi connectivity index (χ2n) is 5.54. The lowest BCUT2D eigenvalue weighted by Gasteiger charge is -2.23. The summed E-state index contributed by atoms with van der Waals surface area (Å²) in [6, 6.07) is 6.33. The third-order valence-electron chi connectivity index (χ3n) is 3.85. The summed E-state index contributed by atoms with van der Waals surface area (Å²) in [5, 5.41) is 0. The molecule has 0 N–H and O–H groups in total. The average Bonchev–Trinajstić information content (AvgIpc) is 2.56. The first-order valence-electron chi connectivity index (χ1n) is 7.91. The van der Waals surface area contributed by atoms with Gasteiger partial charge in [0.25, 0.3) is 10.1 Å². The van der Waals surface area contributed by atoms with Crippen molar-refractivity contribution in [2.45, 2.75) is 44.9 Å². The number of esters is 1. The van der Waals surface area contributed by atoms with E-state index in [1.807, 2.05) is 6.92 Å². The SMILES string of the molecule is CCOC(=O)[C@@](C=O)(CC)CCCOS(=O)(=O)c1ccc(C)cc1. The Hall–Kier alpha value is -1.73. The summed E-state index contributed by atoms with van der Waals surface area (Å²) in [6.07, 6.45) is 1.30. The van der Waals surface area contributed by atoms with Gasteiger partial charge in [-0.05, 0) is 45.2 Å². The molecule has 0 aliphatic rings. The van der Waals surface area contributed by atoms with Crippen LogP contribution in [0.4, 0.5) is 0 Å². The number of carbonyl (C=O) groups excluding carboxylic acids is 2. The summed E-state index contributed by atoms with van der Waals surface area (Å²) < 4.78 is 34.0. The Labute approximate surface area is 143 Å². The van der Waals surface area contributed by atoms with Crippen LogP contribution in [0.5, 0.6) is 0 Å². The van der Waals surface area contributed by atoms with Crippen LogP contribution in [0.3, 0.4) is 0 Å². The van der Waals surface area contributed by atoms with Crippen molar-refractivity contribution >= 4 is 22.4 Å². The summed E-state index contributed by atoms with van der Waals surface area (Å²) in [5.41, 5.74) is -0.297. The van der Waals surface area contributed by atoms with Crippen molar-refractivity contribution in [2.75, 3.05) is 13.2 Å². The Morgan fingerprint density at radius 3 is 2.33 bits per heavy atom. The van der Waals surface area contributed by atoms with Gasteiger partial charge in [0, 0.05) is 0 Å². The highest BCUT2D eigenvalue weighted by Crippen LogP contribution is 2.28. The van der Waals surface area contributed by atoms with Crippen LogP contribution in [-0.2, 0) is 28.6 Å². The van der Waals surface area contributed by atoms with Gasteiger partial charge in [0.15, 0.2) is 0 Å². The summed E-state index contributed by atoms with van der Waals surface area (Å²) in [5.74, 6) is -0.580. The molecule has 1 atom stereocenters. The van der Waals surface area contributed by atoms with Crippen molar-refractivity contribution in [3.8, 4) is 0 Å². The first-order valence-corrected chi connectivity index (χ1v) is 9.32. The van der Waals surface area contributed by atoms with E-state index < -0.39 is 21.5 Å². The molecule has 1 aromatic rings. The predicted molar refractivity (Wildman–Crippen MR) is 89.0 cm³/mol. The number of carbonyl (C=O) groups is 2. The molecule has 0 amide bonds. The normalized spacial score (nSPS) is 14.0. The predicted octanol–water partition coefficient (Wildman–Crippen LogP) is 2.64. The molecule has 0 bridgehead atoms. The molecule has 0 aliphatic carbocycles. The fourth-order valence-electron chi connectivity index (χ4n) is 2.22. The topological polar surface area (TPSA) is 86.7 Å². The van der Waals surface area contributed by atoms with Crippen LogP contribution in [0.2, 0.25) is 0 Å². The van der Waals surface area contributed by atoms with Gasteiger partial charge in [0.2, 0.25) is 0 Å². The van der Waals surface area contributed by atoms with Gasteiger partial charge in [-0.1, -0.05) is 24.6 Å². The molecule has 1 rings (SSSR count). The average molecular weight is 356 g/mol. The molecule has 7 heteroatoms. The minimum atomic E-state index is -3.84. The lowest BCUT2D eigenvalue weighted by Crippen LogP contribution is -2.34. The first kappa shape index (κ1) is 20.3. The number of benzene rings is 1. The van der Waals surface area contributed by atoms with Crippen LogP contribution in [0.1, 0.15) is 38.7 Å². The maximum Gasteiger partial charge on any atom is 0.319 e. The number of hydrogen-bond donors (Lipinski definition) is 0. The Balaban J connectivity index is 2.64. The van der Waals surface area contributed by atoms with Crippen LogP contribution >= 0.6 is 0 Å². The highest BCUT2D eigenvalue weighted by atomic mass is 32.2. The van der Waals surface area contributed by atoms with Crippen LogP contribution in [0.15, 0.2) is 29.2 Å². The molecule has 134 valence electrons. The number of aldehydes is 1. The van der Waals surface area contributed by atoms with Gasteiger partial charge in [-0.3, -0.25) is 8.98 Å². The summed E-state index contributed by atoms with van der Waals surface area (Å²) in [6.45, 7) is 5.32. The Kier molecular flexibility index (Phi) is 7.57. The first-order chi connectivity index (χ1) is 11.3. The van der Waals surface area contributed by atoms with E-state index in [9.17, 15) is 18.0 Å². The Morgan fingerprint density at radius 1 is 1.21 bits per heavy atom. The van der Waals surface area contributed by atoms with E-state index in [1.165, 1.54) is 12.1 Å². The molecule has 0 unspecified atom stereocenters. The van der Waals surface area contributed by atoms with Gasteiger partial charge in [-0.2, -0.15) is 8.42 Å². The lowest BCUT2D eigenvalue weighted by atomic mass is 9.82. The smallest absolute Gasteiger partial charge is 0.319 e. The Bertz CT molecular complexity index is 650. The minimum absolute atomic E-state index is 0.0793. The molecule has 0 aromatic heterocycles. The van der Waals surface area contributed by atoms with Crippen LogP contribution in [0, 0.1) is 12.3 Å². The zero-order chi connectivity index (χ0) is 18.2. The molecular formula is C17H24O6S. The Morgan fingerprint density at radius 2 is 1.83 bits per heavy atom. The van der Waals surface area contributed by atoms with Crippen molar-refractivity contribution in [1.82, 2.24) is 0 Å². The van der Waals surface area contributed by atoms with Crippen molar-refractivity contribution in [3.05, 3.63) is 29.8 Å². The summed E-state index contributed by atoms with van der Waals surface area (Å²) in [4.78, 5) is 23.4. The third kappa shape index (κ3) is 5.14. The van der Waals surface area contributed by atoms with E-state index in [0.29, 0.717) is 12.7 Å². The lowest BCUT2D eigenvalue weighted by molar-refractivity contribution is -0.157. The molecule has 1 aromatic carbocycles. The van der Waals surface area contributed by atoms with Gasteiger partial charge in [-0.15, -0.1) is 0 Å². The highest BCUT2D eigenvalue weighted by molar-refractivity contribution is 7.86. The molecular weight excluding hydrogens is 332 g/mol. The molecule has 6 nitrogen and oxygen atoms in total. The third-order valence-corrected chi connectivity index (χ3v) is 5.18. The fourth-order valence-corrected chi connectivity index (χ4v) is 3.16. The van der Waals surface area contributed by atoms with Crippen molar-refractivity contribution in [2.24, 2.45) is 5.41 Å². The molecule has 24 heavy (non-hydrogen) atoms. The molecule has 0 aliphatic heterocycles. The van der Waals surface area contributed by atoms with E-state index in [2.05, 4.69) is 0 Å². The number of aryl methyl sites for hydroxylation is 1. The maximum absolute atomic E-state index is 12.1. The zero-order valence-corrected chi connectivity index (χ0v) is 15.1. The van der Waals surface area contributed by atoms with Crippen LogP contribution in [-0.4, -0.2) is 33.9 Å². The molecule has 0 saturated carbocycles. The van der Waals surface area contributed by atoms with Gasteiger partial charge < -0.3 is 9.53 Å². The van der Waals surface area contributed by atoms with Gasteiger partial charge >= 0.3 is 5.97 Å². The van der Waals surface area contributed by atoms with Crippen molar-refractivity contribution < 1.29 is 26.9 Å². The maximum atomic E-state index is 12.1. The van der Waals surface area contributed by atoms with Crippen LogP contribution in [0.25, 0.3) is 0 Å². The van der Waals surface area contributed by atoms with E-state index in [0.717, 1.165) is 5.56 Å². The molecule has 0 heterocycles. The van der Waals surface area contributed by atoms with Gasteiger partial charge in [-0.25, -0.2) is 0 Å². The number of ether oxygens (including phenoxy) is 1. The van der Waals surface area contributed by atoms with Crippen molar-refractivity contribution in [1.29, 1.82) is 0 Å². The van der Waals surface area contributed by atoms with E-state index in [-0.39, 0.29) is 31.0 Å². The number of hydrogen-bond acceptors (Lipinski definition) is 6. The van der Waals surface area contributed by atoms with Gasteiger partial charge in [0.1, 0.15) is 11.7 Å². The fraction of sp³-hybridized carbons (Fsp3) is 0.529. The summed E-state index contributed by atoms with van der Waals surface area (Å²) in [7, 11) is -3.84. The van der Waals surface area contributed by atoms with E-state index in [1.54, 1.807) is 26.0 Å². The zero-order valence-electron chi connectivity index (χ0n) is 14.3. The largest absolute Gasteiger partial charge is 0.465 e. The van der Waals surface area contributed by atoms with Crippen molar-refractivity contribution in [3.63, 3.8) is 0 Å². The molecule has 0 saturated heterocycles. The van der Waals surface area contributed by atoms with E-state index in [4.69, 9.17) is 8.92 Å². The van der Waals surface area contributed by atoms with E-state index >= 15 is 0 Å². The molecule has 0 radical (unpaired) electrons. The molecule has 0 spiro atoms. The monoisotopic (exact) mass is 356 g/mol. The molecule has 0 fully saturated rings. The second kappa shape index (κ2) is 8.94. The van der Waals surface area contributed by atoms with Crippen LogP contribution < -0.4 is 0 Å². The standard InChI is InChI=1S/C17H24O6S/c1-4-17(13-18,16(19)22-5-2)11-6-12-23-24(20,21)15-9-7-14(3)8-10-15/h7-10,13H,4-6,11-12H2,1-3H3/t17-/m0/s1. The highest BCUT2D eigenvalue weighted by Gasteiger charge is 2.37. The minimum Gasteiger partial charge on any atom is -0.465 e. The second-order valence-corrected chi connectivity index (χ2v) is 7.16. The van der Waals surface area contributed by atoms with Gasteiger partial charge in [0.05, 0.1) is 18.1 Å². The number of rotatable bonds is 10. The summed E-state index contributed by atoms with van der Waals surface area (Å²) >= 11 is 0.